The minimum Gasteiger partial charge on any atom is -0.466 e. The third kappa shape index (κ3) is 2.06. The molecule has 1 saturated heterocycles. The number of rotatable bonds is 4. The quantitative estimate of drug-likeness (QED) is 0.692. The Balaban J connectivity index is 2.51. The molecule has 0 radical (unpaired) electrons. The molecule has 0 amide bonds. The number of methoxy groups -OCH3 is 2. The summed E-state index contributed by atoms with van der Waals surface area (Å²) >= 11 is 0. The molecule has 104 valence electrons. The average Bonchev–Trinajstić information content (AvgIpc) is 2.90. The molecule has 0 saturated carbocycles. The third-order valence-corrected chi connectivity index (χ3v) is 3.55. The second-order valence-corrected chi connectivity index (χ2v) is 4.79. The molecule has 0 aromatic heterocycles. The predicted molar refractivity (Wildman–Crippen MR) is 63.2 cm³/mol. The van der Waals surface area contributed by atoms with Crippen LogP contribution < -0.4 is 0 Å². The Morgan fingerprint density at radius 2 is 1.89 bits per heavy atom. The van der Waals surface area contributed by atoms with Crippen molar-refractivity contribution in [3.63, 3.8) is 0 Å². The van der Waals surface area contributed by atoms with Crippen LogP contribution in [0.3, 0.4) is 0 Å². The summed E-state index contributed by atoms with van der Waals surface area (Å²) in [5.41, 5.74) is -0.678. The first-order valence-electron chi connectivity index (χ1n) is 6.03. The molecule has 2 rings (SSSR count). The molecule has 2 aliphatic rings. The average molecular weight is 268 g/mol. The Morgan fingerprint density at radius 3 is 2.42 bits per heavy atom. The fourth-order valence-corrected chi connectivity index (χ4v) is 2.91. The van der Waals surface area contributed by atoms with E-state index in [9.17, 15) is 14.4 Å². The molecule has 0 aromatic rings. The van der Waals surface area contributed by atoms with Crippen LogP contribution in [-0.4, -0.2) is 43.6 Å². The summed E-state index contributed by atoms with van der Waals surface area (Å²) in [5, 5.41) is 0. The molecule has 6 heteroatoms. The lowest BCUT2D eigenvalue weighted by Gasteiger charge is -2.26. The highest BCUT2D eigenvalue weighted by atomic mass is 16.6. The van der Waals surface area contributed by atoms with Crippen molar-refractivity contribution in [2.45, 2.75) is 37.9 Å². The van der Waals surface area contributed by atoms with E-state index in [0.717, 1.165) is 0 Å². The van der Waals surface area contributed by atoms with E-state index in [1.54, 1.807) is 0 Å². The molecule has 0 spiro atoms. The van der Waals surface area contributed by atoms with E-state index in [1.165, 1.54) is 21.1 Å². The normalized spacial score (nSPS) is 28.5. The van der Waals surface area contributed by atoms with Crippen molar-refractivity contribution in [2.24, 2.45) is 0 Å². The zero-order chi connectivity index (χ0) is 14.2. The van der Waals surface area contributed by atoms with Gasteiger partial charge in [0.2, 0.25) is 0 Å². The molecule has 6 nitrogen and oxygen atoms in total. The van der Waals surface area contributed by atoms with Gasteiger partial charge in [-0.2, -0.15) is 0 Å². The van der Waals surface area contributed by atoms with Crippen LogP contribution in [0.5, 0.6) is 0 Å². The molecule has 2 unspecified atom stereocenters. The molecule has 0 N–H and O–H groups in total. The second kappa shape index (κ2) is 4.77. The van der Waals surface area contributed by atoms with Crippen molar-refractivity contribution >= 4 is 17.7 Å². The number of hydrogen-bond donors (Lipinski definition) is 0. The molecule has 2 aliphatic heterocycles. The lowest BCUT2D eigenvalue weighted by atomic mass is 9.79. The van der Waals surface area contributed by atoms with Gasteiger partial charge in [0, 0.05) is 6.42 Å². The van der Waals surface area contributed by atoms with Crippen LogP contribution in [0, 0.1) is 0 Å². The summed E-state index contributed by atoms with van der Waals surface area (Å²) in [7, 11) is 2.48. The minimum absolute atomic E-state index is 0.0639. The fourth-order valence-electron chi connectivity index (χ4n) is 2.91. The number of carbonyl (C=O) groups excluding carboxylic acids is 3. The van der Waals surface area contributed by atoms with Gasteiger partial charge >= 0.3 is 11.9 Å². The molecule has 2 atom stereocenters. The molecule has 19 heavy (non-hydrogen) atoms. The van der Waals surface area contributed by atoms with Gasteiger partial charge in [-0.15, -0.1) is 0 Å². The first-order chi connectivity index (χ1) is 8.95. The van der Waals surface area contributed by atoms with Gasteiger partial charge in [0.15, 0.2) is 0 Å². The number of Topliss-reactive ketones (excluding diaryl/α,β-unsaturated/α-hetero) is 1. The van der Waals surface area contributed by atoms with E-state index in [2.05, 4.69) is 0 Å². The van der Waals surface area contributed by atoms with E-state index in [4.69, 9.17) is 14.2 Å². The van der Waals surface area contributed by atoms with Crippen molar-refractivity contribution in [2.75, 3.05) is 14.2 Å². The van der Waals surface area contributed by atoms with Crippen molar-refractivity contribution in [3.8, 4) is 0 Å². The summed E-state index contributed by atoms with van der Waals surface area (Å²) in [5.74, 6) is -1.34. The molecular formula is C13H16O6. The molecular weight excluding hydrogens is 252 g/mol. The van der Waals surface area contributed by atoms with Gasteiger partial charge in [0.25, 0.3) is 0 Å². The van der Waals surface area contributed by atoms with Crippen LogP contribution >= 0.6 is 0 Å². The topological polar surface area (TPSA) is 78.9 Å². The Hall–Kier alpha value is -1.69. The van der Waals surface area contributed by atoms with Gasteiger partial charge in [-0.25, -0.2) is 9.59 Å². The van der Waals surface area contributed by atoms with E-state index in [1.807, 2.05) is 0 Å². The van der Waals surface area contributed by atoms with Crippen molar-refractivity contribution < 1.29 is 28.6 Å². The van der Waals surface area contributed by atoms with Gasteiger partial charge in [-0.05, 0) is 19.8 Å². The molecule has 0 aliphatic carbocycles. The first-order valence-corrected chi connectivity index (χ1v) is 6.03. The van der Waals surface area contributed by atoms with Crippen LogP contribution in [-0.2, 0) is 28.6 Å². The van der Waals surface area contributed by atoms with Crippen LogP contribution in [0.25, 0.3) is 0 Å². The zero-order valence-corrected chi connectivity index (χ0v) is 11.1. The zero-order valence-electron chi connectivity index (χ0n) is 11.1. The number of ether oxygens (including phenoxy) is 3. The first kappa shape index (κ1) is 13.7. The third-order valence-electron chi connectivity index (χ3n) is 3.55. The maximum absolute atomic E-state index is 11.9. The standard InChI is InChI=1S/C13H16O6/c1-7(14)6-13-5-4-8(19-13)9(11(15)17-2)10(13)12(16)18-3/h8H,4-6H2,1-3H3. The number of hydrogen-bond acceptors (Lipinski definition) is 6. The van der Waals surface area contributed by atoms with Crippen molar-refractivity contribution in [3.05, 3.63) is 11.1 Å². The lowest BCUT2D eigenvalue weighted by Crippen LogP contribution is -2.36. The summed E-state index contributed by atoms with van der Waals surface area (Å²) in [4.78, 5) is 35.2. The Morgan fingerprint density at radius 1 is 1.26 bits per heavy atom. The fraction of sp³-hybridized carbons (Fsp3) is 0.615. The largest absolute Gasteiger partial charge is 0.466 e. The monoisotopic (exact) mass is 268 g/mol. The lowest BCUT2D eigenvalue weighted by molar-refractivity contribution is -0.140. The molecule has 1 fully saturated rings. The smallest absolute Gasteiger partial charge is 0.337 e. The maximum atomic E-state index is 11.9. The number of fused-ring (bicyclic) bond motifs is 2. The summed E-state index contributed by atoms with van der Waals surface area (Å²) in [6, 6.07) is 0. The summed E-state index contributed by atoms with van der Waals surface area (Å²) in [6.45, 7) is 1.43. The molecule has 2 bridgehead atoms. The Labute approximate surface area is 110 Å². The highest BCUT2D eigenvalue weighted by molar-refractivity contribution is 6.04. The number of ketones is 1. The van der Waals surface area contributed by atoms with Crippen LogP contribution in [0.15, 0.2) is 11.1 Å². The number of esters is 2. The highest BCUT2D eigenvalue weighted by Crippen LogP contribution is 2.50. The van der Waals surface area contributed by atoms with E-state index in [-0.39, 0.29) is 23.4 Å². The van der Waals surface area contributed by atoms with Gasteiger partial charge in [0.05, 0.1) is 31.5 Å². The Kier molecular flexibility index (Phi) is 3.45. The number of carbonyl (C=O) groups is 3. The van der Waals surface area contributed by atoms with Crippen LogP contribution in [0.1, 0.15) is 26.2 Å². The van der Waals surface area contributed by atoms with E-state index in [0.29, 0.717) is 12.8 Å². The van der Waals surface area contributed by atoms with Gasteiger partial charge in [-0.1, -0.05) is 0 Å². The predicted octanol–water partition coefficient (Wildman–Crippen LogP) is 0.539. The van der Waals surface area contributed by atoms with E-state index < -0.39 is 23.6 Å². The van der Waals surface area contributed by atoms with E-state index >= 15 is 0 Å². The van der Waals surface area contributed by atoms with Crippen LogP contribution in [0.4, 0.5) is 0 Å². The SMILES string of the molecule is COC(=O)C1=C(C(=O)OC)C2(CC(C)=O)CCC1O2. The van der Waals surface area contributed by atoms with Gasteiger partial charge in [-0.3, -0.25) is 4.79 Å². The second-order valence-electron chi connectivity index (χ2n) is 4.79. The van der Waals surface area contributed by atoms with Crippen molar-refractivity contribution in [1.29, 1.82) is 0 Å². The summed E-state index contributed by atoms with van der Waals surface area (Å²) in [6.07, 6.45) is 0.704. The molecule has 0 aromatic carbocycles. The van der Waals surface area contributed by atoms with Gasteiger partial charge < -0.3 is 14.2 Å². The van der Waals surface area contributed by atoms with Crippen LogP contribution in [0.2, 0.25) is 0 Å². The molecule has 2 heterocycles. The minimum atomic E-state index is -1.02. The maximum Gasteiger partial charge on any atom is 0.337 e. The highest BCUT2D eigenvalue weighted by Gasteiger charge is 2.57. The van der Waals surface area contributed by atoms with Gasteiger partial charge in [0.1, 0.15) is 11.4 Å². The summed E-state index contributed by atoms with van der Waals surface area (Å²) < 4.78 is 15.2. The van der Waals surface area contributed by atoms with Crippen molar-refractivity contribution in [1.82, 2.24) is 0 Å². The Bertz CT molecular complexity index is 478.